The summed E-state index contributed by atoms with van der Waals surface area (Å²) in [5, 5.41) is 8.06. The van der Waals surface area contributed by atoms with Gasteiger partial charge in [0.25, 0.3) is 0 Å². The second-order valence-corrected chi connectivity index (χ2v) is 7.15. The van der Waals surface area contributed by atoms with Crippen molar-refractivity contribution in [2.75, 3.05) is 13.2 Å². The smallest absolute Gasteiger partial charge is 0.123 e. The highest BCUT2D eigenvalue weighted by atomic mass is 32.1. The number of hydrogen-bond acceptors (Lipinski definition) is 3. The van der Waals surface area contributed by atoms with Crippen LogP contribution in [0.3, 0.4) is 0 Å². The lowest BCUT2D eigenvalue weighted by Crippen LogP contribution is -2.23. The van der Waals surface area contributed by atoms with Crippen LogP contribution >= 0.6 is 11.3 Å². The summed E-state index contributed by atoms with van der Waals surface area (Å²) in [5.74, 6) is 1.04. The lowest BCUT2D eigenvalue weighted by molar-refractivity contribution is 0.291. The Labute approximate surface area is 131 Å². The molecule has 2 aromatic rings. The summed E-state index contributed by atoms with van der Waals surface area (Å²) >= 11 is 1.76. The molecule has 1 atom stereocenters. The number of nitrogens with one attached hydrogen (secondary N) is 1. The van der Waals surface area contributed by atoms with E-state index in [1.165, 1.54) is 16.7 Å². The van der Waals surface area contributed by atoms with Gasteiger partial charge in [0.1, 0.15) is 5.75 Å². The maximum atomic E-state index is 5.80. The van der Waals surface area contributed by atoms with E-state index in [0.29, 0.717) is 0 Å². The van der Waals surface area contributed by atoms with E-state index in [9.17, 15) is 0 Å². The summed E-state index contributed by atoms with van der Waals surface area (Å²) < 4.78 is 5.80. The van der Waals surface area contributed by atoms with Crippen molar-refractivity contribution in [2.45, 2.75) is 38.6 Å². The van der Waals surface area contributed by atoms with Crippen LogP contribution < -0.4 is 10.1 Å². The van der Waals surface area contributed by atoms with Crippen molar-refractivity contribution >= 4 is 11.3 Å². The zero-order chi connectivity index (χ0) is 14.9. The van der Waals surface area contributed by atoms with Crippen LogP contribution in [0.25, 0.3) is 0 Å². The molecule has 1 unspecified atom stereocenters. The Balaban J connectivity index is 1.97. The lowest BCUT2D eigenvalue weighted by Gasteiger charge is -2.21. The second kappa shape index (κ2) is 5.82. The molecular weight excluding hydrogens is 278 g/mol. The molecule has 0 aliphatic carbocycles. The van der Waals surface area contributed by atoms with Crippen LogP contribution in [0.1, 0.15) is 49.9 Å². The van der Waals surface area contributed by atoms with E-state index in [2.05, 4.69) is 61.1 Å². The van der Waals surface area contributed by atoms with Gasteiger partial charge in [-0.2, -0.15) is 11.3 Å². The van der Waals surface area contributed by atoms with Crippen molar-refractivity contribution in [3.05, 3.63) is 51.7 Å². The van der Waals surface area contributed by atoms with Gasteiger partial charge in [-0.1, -0.05) is 26.8 Å². The number of rotatable bonds is 5. The average molecular weight is 301 g/mol. The number of thiophene rings is 1. The Morgan fingerprint density at radius 1 is 1.29 bits per heavy atom. The Hall–Kier alpha value is -1.32. The number of ether oxygens (including phenoxy) is 1. The van der Waals surface area contributed by atoms with Gasteiger partial charge >= 0.3 is 0 Å². The molecule has 1 N–H and O–H groups in total. The molecule has 3 heteroatoms. The highest BCUT2D eigenvalue weighted by molar-refractivity contribution is 7.08. The molecule has 0 radical (unpaired) electrons. The third-order valence-corrected chi connectivity index (χ3v) is 4.83. The van der Waals surface area contributed by atoms with E-state index < -0.39 is 0 Å². The fourth-order valence-corrected chi connectivity index (χ4v) is 3.56. The summed E-state index contributed by atoms with van der Waals surface area (Å²) in [4.78, 5) is 0. The van der Waals surface area contributed by atoms with E-state index in [4.69, 9.17) is 4.74 Å². The number of hydrogen-bond donors (Lipinski definition) is 1. The van der Waals surface area contributed by atoms with Crippen LogP contribution in [0.15, 0.2) is 35.0 Å². The lowest BCUT2D eigenvalue weighted by atomic mass is 9.85. The van der Waals surface area contributed by atoms with Crippen molar-refractivity contribution in [1.82, 2.24) is 5.32 Å². The molecule has 21 heavy (non-hydrogen) atoms. The van der Waals surface area contributed by atoms with Crippen molar-refractivity contribution < 1.29 is 4.74 Å². The molecule has 0 fully saturated rings. The molecule has 0 amide bonds. The van der Waals surface area contributed by atoms with Crippen molar-refractivity contribution in [2.24, 2.45) is 0 Å². The zero-order valence-electron chi connectivity index (χ0n) is 13.0. The van der Waals surface area contributed by atoms with E-state index >= 15 is 0 Å². The van der Waals surface area contributed by atoms with E-state index in [1.54, 1.807) is 11.3 Å². The van der Waals surface area contributed by atoms with Crippen molar-refractivity contribution in [1.29, 1.82) is 0 Å². The molecule has 1 aliphatic heterocycles. The minimum Gasteiger partial charge on any atom is -0.492 e. The molecule has 2 heterocycles. The van der Waals surface area contributed by atoms with Gasteiger partial charge < -0.3 is 10.1 Å². The first kappa shape index (κ1) is 14.6. The Morgan fingerprint density at radius 3 is 2.86 bits per heavy atom. The van der Waals surface area contributed by atoms with Gasteiger partial charge in [0, 0.05) is 11.0 Å². The van der Waals surface area contributed by atoms with Crippen molar-refractivity contribution in [3.63, 3.8) is 0 Å². The quantitative estimate of drug-likeness (QED) is 0.877. The normalized spacial score (nSPS) is 17.3. The van der Waals surface area contributed by atoms with E-state index in [0.717, 1.165) is 25.3 Å². The highest BCUT2D eigenvalue weighted by Gasteiger charge is 2.32. The first-order chi connectivity index (χ1) is 10.1. The van der Waals surface area contributed by atoms with Crippen molar-refractivity contribution in [3.8, 4) is 5.75 Å². The van der Waals surface area contributed by atoms with Crippen LogP contribution in [0.4, 0.5) is 0 Å². The molecule has 112 valence electrons. The third-order valence-electron chi connectivity index (χ3n) is 4.13. The van der Waals surface area contributed by atoms with Gasteiger partial charge in [0.2, 0.25) is 0 Å². The van der Waals surface area contributed by atoms with Gasteiger partial charge in [-0.3, -0.25) is 0 Å². The molecular formula is C18H23NOS. The summed E-state index contributed by atoms with van der Waals surface area (Å²) in [6, 6.07) is 9.15. The molecule has 0 spiro atoms. The van der Waals surface area contributed by atoms with Gasteiger partial charge in [-0.15, -0.1) is 0 Å². The SMILES string of the molecule is CCCNC(c1ccsc1)c1ccc2c(c1)C(C)(C)CO2. The summed E-state index contributed by atoms with van der Waals surface area (Å²) in [6.07, 6.45) is 1.14. The third kappa shape index (κ3) is 2.85. The van der Waals surface area contributed by atoms with E-state index in [1.807, 2.05) is 0 Å². The van der Waals surface area contributed by atoms with Crippen LogP contribution in [0, 0.1) is 0 Å². The number of benzene rings is 1. The van der Waals surface area contributed by atoms with Crippen LogP contribution in [-0.2, 0) is 5.41 Å². The molecule has 3 rings (SSSR count). The first-order valence-electron chi connectivity index (χ1n) is 7.64. The summed E-state index contributed by atoms with van der Waals surface area (Å²) in [5.41, 5.74) is 4.12. The standard InChI is InChI=1S/C18H23NOS/c1-4-8-19-17(14-7-9-21-11-14)13-5-6-16-15(10-13)18(2,3)12-20-16/h5-7,9-11,17,19H,4,8,12H2,1-3H3. The highest BCUT2D eigenvalue weighted by Crippen LogP contribution is 2.40. The van der Waals surface area contributed by atoms with Crippen LogP contribution in [0.2, 0.25) is 0 Å². The van der Waals surface area contributed by atoms with Gasteiger partial charge in [0.05, 0.1) is 12.6 Å². The monoisotopic (exact) mass is 301 g/mol. The van der Waals surface area contributed by atoms with Gasteiger partial charge in [-0.05, 0) is 53.1 Å². The van der Waals surface area contributed by atoms with E-state index in [-0.39, 0.29) is 11.5 Å². The van der Waals surface area contributed by atoms with Gasteiger partial charge in [-0.25, -0.2) is 0 Å². The Morgan fingerprint density at radius 2 is 2.14 bits per heavy atom. The summed E-state index contributed by atoms with van der Waals surface area (Å²) in [6.45, 7) is 8.51. The molecule has 1 aromatic heterocycles. The minimum atomic E-state index is 0.106. The summed E-state index contributed by atoms with van der Waals surface area (Å²) in [7, 11) is 0. The first-order valence-corrected chi connectivity index (χ1v) is 8.59. The molecule has 0 saturated carbocycles. The predicted octanol–water partition coefficient (Wildman–Crippen LogP) is 4.51. The molecule has 1 aromatic carbocycles. The minimum absolute atomic E-state index is 0.106. The van der Waals surface area contributed by atoms with Gasteiger partial charge in [0.15, 0.2) is 0 Å². The van der Waals surface area contributed by atoms with Crippen LogP contribution in [-0.4, -0.2) is 13.2 Å². The topological polar surface area (TPSA) is 21.3 Å². The predicted molar refractivity (Wildman–Crippen MR) is 89.4 cm³/mol. The zero-order valence-corrected chi connectivity index (χ0v) is 13.8. The molecule has 2 nitrogen and oxygen atoms in total. The maximum absolute atomic E-state index is 5.80. The Kier molecular flexibility index (Phi) is 4.05. The fourth-order valence-electron chi connectivity index (χ4n) is 2.87. The molecule has 0 saturated heterocycles. The largest absolute Gasteiger partial charge is 0.492 e. The Bertz CT molecular complexity index is 604. The maximum Gasteiger partial charge on any atom is 0.123 e. The van der Waals surface area contributed by atoms with Crippen LogP contribution in [0.5, 0.6) is 5.75 Å². The number of fused-ring (bicyclic) bond motifs is 1. The molecule has 0 bridgehead atoms. The average Bonchev–Trinajstić information content (AvgIpc) is 3.09. The molecule has 1 aliphatic rings. The second-order valence-electron chi connectivity index (χ2n) is 6.37. The fraction of sp³-hybridized carbons (Fsp3) is 0.444.